The monoisotopic (exact) mass is 553 g/mol. The van der Waals surface area contributed by atoms with E-state index in [1.807, 2.05) is 37.3 Å². The smallest absolute Gasteiger partial charge is 0.182 e. The third-order valence-electron chi connectivity index (χ3n) is 6.75. The zero-order valence-corrected chi connectivity index (χ0v) is 24.5. The van der Waals surface area contributed by atoms with Crippen LogP contribution in [0.25, 0.3) is 6.08 Å². The van der Waals surface area contributed by atoms with Gasteiger partial charge >= 0.3 is 0 Å². The van der Waals surface area contributed by atoms with E-state index in [2.05, 4.69) is 84.6 Å². The second-order valence-corrected chi connectivity index (χ2v) is 12.3. The molecule has 194 valence electrons. The lowest BCUT2D eigenvalue weighted by atomic mass is 9.78. The second kappa shape index (κ2) is 10.9. The van der Waals surface area contributed by atoms with Gasteiger partial charge in [0.15, 0.2) is 5.78 Å². The minimum Gasteiger partial charge on any atom is -0.507 e. The van der Waals surface area contributed by atoms with E-state index in [9.17, 15) is 9.90 Å². The molecule has 0 aliphatic carbocycles. The van der Waals surface area contributed by atoms with E-state index in [0.717, 1.165) is 53.3 Å². The number of halogens is 1. The zero-order chi connectivity index (χ0) is 26.8. The quantitative estimate of drug-likeness (QED) is 0.378. The molecule has 0 saturated carbocycles. The van der Waals surface area contributed by atoms with Crippen molar-refractivity contribution in [3.63, 3.8) is 0 Å². The molecule has 1 aliphatic rings. The Labute approximate surface area is 225 Å². The first-order valence-electron chi connectivity index (χ1n) is 12.8. The maximum absolute atomic E-state index is 13.7. The molecule has 1 aromatic carbocycles. The van der Waals surface area contributed by atoms with Crippen molar-refractivity contribution in [3.8, 4) is 5.75 Å². The van der Waals surface area contributed by atoms with Gasteiger partial charge in [-0.05, 0) is 54.5 Å². The van der Waals surface area contributed by atoms with Gasteiger partial charge in [0.1, 0.15) is 11.6 Å². The number of rotatable bonds is 6. The van der Waals surface area contributed by atoms with Crippen molar-refractivity contribution in [2.45, 2.75) is 79.1 Å². The lowest BCUT2D eigenvalue weighted by Crippen LogP contribution is -2.32. The number of Topliss-reactive ketones (excluding diaryl/α,β-unsaturated/α-hetero) is 1. The van der Waals surface area contributed by atoms with Crippen molar-refractivity contribution in [1.82, 2.24) is 9.88 Å². The highest BCUT2D eigenvalue weighted by Crippen LogP contribution is 2.40. The number of nitrogens with zero attached hydrogens (tertiary/aromatic N) is 3. The van der Waals surface area contributed by atoms with E-state index in [-0.39, 0.29) is 34.8 Å². The third kappa shape index (κ3) is 6.26. The lowest BCUT2D eigenvalue weighted by Gasteiger charge is -2.28. The summed E-state index contributed by atoms with van der Waals surface area (Å²) < 4.78 is 4.44. The van der Waals surface area contributed by atoms with Crippen molar-refractivity contribution in [2.75, 3.05) is 13.1 Å². The molecule has 1 aliphatic heterocycles. The summed E-state index contributed by atoms with van der Waals surface area (Å²) in [5, 5.41) is 11.1. The van der Waals surface area contributed by atoms with Gasteiger partial charge in [-0.1, -0.05) is 61.0 Å². The summed E-state index contributed by atoms with van der Waals surface area (Å²) in [6.45, 7) is 17.5. The molecule has 36 heavy (non-hydrogen) atoms. The number of phenols is 1. The van der Waals surface area contributed by atoms with Crippen molar-refractivity contribution in [2.24, 2.45) is 9.94 Å². The number of hydrogen-bond acceptors (Lipinski definition) is 4. The van der Waals surface area contributed by atoms with Gasteiger partial charge in [0.2, 0.25) is 0 Å². The predicted molar refractivity (Wildman–Crippen MR) is 153 cm³/mol. The van der Waals surface area contributed by atoms with Crippen LogP contribution in [-0.4, -0.2) is 39.7 Å². The normalized spacial score (nSPS) is 18.9. The van der Waals surface area contributed by atoms with Gasteiger partial charge < -0.3 is 10.0 Å². The molecule has 0 bridgehead atoms. The number of pyridine rings is 1. The van der Waals surface area contributed by atoms with Crippen LogP contribution in [0.5, 0.6) is 5.75 Å². The molecule has 5 nitrogen and oxygen atoms in total. The largest absolute Gasteiger partial charge is 0.507 e. The number of carbonyl (C=O) groups excluding carboxylic acids is 1. The highest BCUT2D eigenvalue weighted by atomic mass is 79.9. The Balaban J connectivity index is 1.99. The predicted octanol–water partition coefficient (Wildman–Crippen LogP) is 7.40. The molecule has 1 aromatic heterocycles. The number of aromatic nitrogens is 1. The molecule has 1 unspecified atom stereocenters. The molecule has 0 amide bonds. The first kappa shape index (κ1) is 28.1. The summed E-state index contributed by atoms with van der Waals surface area (Å²) in [6.07, 6.45) is 4.16. The number of carbonyl (C=O) groups is 1. The average Bonchev–Trinajstić information content (AvgIpc) is 3.08. The first-order valence-corrected chi connectivity index (χ1v) is 13.5. The highest BCUT2D eigenvalue weighted by Gasteiger charge is 2.35. The Bertz CT molecular complexity index is 1150. The minimum absolute atomic E-state index is 0.0184. The first-order chi connectivity index (χ1) is 16.8. The van der Waals surface area contributed by atoms with Crippen LogP contribution in [0.2, 0.25) is 0 Å². The number of amidine groups is 1. The van der Waals surface area contributed by atoms with E-state index >= 15 is 0 Å². The maximum Gasteiger partial charge on any atom is 0.182 e. The summed E-state index contributed by atoms with van der Waals surface area (Å²) in [6, 6.07) is 9.73. The third-order valence-corrected chi connectivity index (χ3v) is 7.09. The van der Waals surface area contributed by atoms with Crippen LogP contribution in [0.1, 0.15) is 94.2 Å². The van der Waals surface area contributed by atoms with Gasteiger partial charge in [-0.2, -0.15) is 4.02 Å². The molecule has 1 fully saturated rings. The van der Waals surface area contributed by atoms with E-state index in [0.29, 0.717) is 5.56 Å². The van der Waals surface area contributed by atoms with Gasteiger partial charge in [0, 0.05) is 40.4 Å². The summed E-state index contributed by atoms with van der Waals surface area (Å²) in [5.41, 5.74) is 4.61. The standard InChI is InChI=1S/C30H40BrN3O2/c1-9-11-20-17-34(28(33-31)23(20)16-22-13-10-12-19(2)32-22)18-26(35)21-14-24(29(3,4)5)27(36)25(15-21)30(6,7)8/h10,12-16,20,36H,9,11,17-18H2,1-8H3/b23-16+,33-28?. The van der Waals surface area contributed by atoms with Crippen molar-refractivity contribution in [3.05, 3.63) is 64.0 Å². The van der Waals surface area contributed by atoms with Gasteiger partial charge in [-0.25, -0.2) is 0 Å². The number of aryl methyl sites for hydroxylation is 1. The van der Waals surface area contributed by atoms with Gasteiger partial charge in [-0.3, -0.25) is 9.78 Å². The summed E-state index contributed by atoms with van der Waals surface area (Å²) >= 11 is 3.34. The van der Waals surface area contributed by atoms with E-state index in [1.54, 1.807) is 0 Å². The Kier molecular flexibility index (Phi) is 8.49. The zero-order valence-electron chi connectivity index (χ0n) is 22.9. The van der Waals surface area contributed by atoms with Crippen LogP contribution in [0.4, 0.5) is 0 Å². The van der Waals surface area contributed by atoms with Gasteiger partial charge in [-0.15, -0.1) is 0 Å². The summed E-state index contributed by atoms with van der Waals surface area (Å²) in [7, 11) is 0. The Morgan fingerprint density at radius 2 is 1.78 bits per heavy atom. The van der Waals surface area contributed by atoms with Crippen LogP contribution in [-0.2, 0) is 10.8 Å². The van der Waals surface area contributed by atoms with Crippen LogP contribution in [0.15, 0.2) is 39.9 Å². The molecule has 1 saturated heterocycles. The van der Waals surface area contributed by atoms with Gasteiger partial charge in [0.05, 0.1) is 28.4 Å². The van der Waals surface area contributed by atoms with Crippen molar-refractivity contribution in [1.29, 1.82) is 0 Å². The molecule has 3 rings (SSSR count). The van der Waals surface area contributed by atoms with Crippen molar-refractivity contribution >= 4 is 33.8 Å². The summed E-state index contributed by atoms with van der Waals surface area (Å²) in [4.78, 5) is 20.4. The molecule has 0 spiro atoms. The fraction of sp³-hybridized carbons (Fsp3) is 0.500. The fourth-order valence-corrected chi connectivity index (χ4v) is 5.27. The van der Waals surface area contributed by atoms with Crippen LogP contribution in [0, 0.1) is 12.8 Å². The van der Waals surface area contributed by atoms with Crippen molar-refractivity contribution < 1.29 is 9.90 Å². The van der Waals surface area contributed by atoms with Gasteiger partial charge in [0.25, 0.3) is 0 Å². The van der Waals surface area contributed by atoms with Crippen LogP contribution >= 0.6 is 16.1 Å². The molecule has 1 N–H and O–H groups in total. The molecule has 0 radical (unpaired) electrons. The highest BCUT2D eigenvalue weighted by molar-refractivity contribution is 9.08. The van der Waals surface area contributed by atoms with Crippen LogP contribution in [0.3, 0.4) is 0 Å². The molecule has 2 heterocycles. The minimum atomic E-state index is -0.292. The number of phenolic OH excluding ortho intramolecular Hbond substituents is 1. The van der Waals surface area contributed by atoms with E-state index in [4.69, 9.17) is 0 Å². The second-order valence-electron chi connectivity index (χ2n) is 11.9. The number of ketones is 1. The average molecular weight is 555 g/mol. The van der Waals surface area contributed by atoms with Crippen LogP contribution < -0.4 is 0 Å². The van der Waals surface area contributed by atoms with E-state index in [1.165, 1.54) is 0 Å². The topological polar surface area (TPSA) is 65.8 Å². The number of likely N-dealkylation sites (tertiary alicyclic amines) is 1. The molecule has 2 aromatic rings. The summed E-state index contributed by atoms with van der Waals surface area (Å²) in [5.74, 6) is 1.37. The molecule has 6 heteroatoms. The number of hydrogen-bond donors (Lipinski definition) is 1. The number of benzene rings is 1. The molecular weight excluding hydrogens is 514 g/mol. The Morgan fingerprint density at radius 3 is 2.28 bits per heavy atom. The molecule has 1 atom stereocenters. The Morgan fingerprint density at radius 1 is 1.17 bits per heavy atom. The Hall–Kier alpha value is -2.47. The fourth-order valence-electron chi connectivity index (χ4n) is 4.84. The van der Waals surface area contributed by atoms with E-state index < -0.39 is 0 Å². The number of aromatic hydroxyl groups is 1. The maximum atomic E-state index is 13.7. The lowest BCUT2D eigenvalue weighted by molar-refractivity contribution is 0.0963. The molecular formula is C30H40BrN3O2. The SMILES string of the molecule is CCCC1CN(CC(=O)c2cc(C(C)(C)C)c(O)c(C(C)(C)C)c2)C(=NBr)/C1=C/c1cccc(C)n1.